The molecule has 1 nitrogen and oxygen atoms in total. The Hall–Kier alpha value is 0.160. The van der Waals surface area contributed by atoms with Crippen LogP contribution in [0, 0.1) is 0 Å². The van der Waals surface area contributed by atoms with Crippen LogP contribution in [0.25, 0.3) is 0 Å². The summed E-state index contributed by atoms with van der Waals surface area (Å²) in [5, 5.41) is 5.50. The molecule has 16 heavy (non-hydrogen) atoms. The Morgan fingerprint density at radius 3 is 2.38 bits per heavy atom. The highest BCUT2D eigenvalue weighted by atomic mass is 79.9. The molecule has 1 N–H and O–H groups in total. The van der Waals surface area contributed by atoms with Gasteiger partial charge in [-0.15, -0.1) is 11.3 Å². The summed E-state index contributed by atoms with van der Waals surface area (Å²) in [5.74, 6) is 0. The van der Waals surface area contributed by atoms with Crippen molar-refractivity contribution in [3.63, 3.8) is 0 Å². The average Bonchev–Trinajstić information content (AvgIpc) is 2.63. The van der Waals surface area contributed by atoms with Crippen LogP contribution in [-0.2, 0) is 6.54 Å². The van der Waals surface area contributed by atoms with Crippen LogP contribution in [0.3, 0.4) is 0 Å². The van der Waals surface area contributed by atoms with Gasteiger partial charge in [0.05, 0.1) is 5.69 Å². The van der Waals surface area contributed by atoms with E-state index in [1.165, 1.54) is 4.88 Å². The van der Waals surface area contributed by atoms with Gasteiger partial charge >= 0.3 is 0 Å². The highest BCUT2D eigenvalue weighted by Crippen LogP contribution is 2.31. The van der Waals surface area contributed by atoms with Crippen molar-refractivity contribution in [2.45, 2.75) is 6.54 Å². The lowest BCUT2D eigenvalue weighted by Crippen LogP contribution is -1.98. The van der Waals surface area contributed by atoms with Gasteiger partial charge in [0.25, 0.3) is 0 Å². The van der Waals surface area contributed by atoms with Crippen molar-refractivity contribution in [1.82, 2.24) is 0 Å². The van der Waals surface area contributed by atoms with E-state index < -0.39 is 0 Å². The predicted octanol–water partition coefficient (Wildman–Crippen LogP) is 5.65. The molecule has 2 rings (SSSR count). The molecule has 0 saturated heterocycles. The second kappa shape index (κ2) is 5.67. The fourth-order valence-corrected chi connectivity index (χ4v) is 3.96. The molecule has 0 aliphatic heterocycles. The molecular formula is C11H8Br3NS. The first kappa shape index (κ1) is 12.6. The van der Waals surface area contributed by atoms with E-state index in [0.29, 0.717) is 0 Å². The minimum atomic E-state index is 0.831. The molecule has 0 aliphatic rings. The largest absolute Gasteiger partial charge is 0.378 e. The highest BCUT2D eigenvalue weighted by Gasteiger charge is 2.04. The van der Waals surface area contributed by atoms with Gasteiger partial charge in [0, 0.05) is 30.2 Å². The third kappa shape index (κ3) is 3.09. The maximum Gasteiger partial charge on any atom is 0.0631 e. The van der Waals surface area contributed by atoms with Gasteiger partial charge < -0.3 is 5.32 Å². The minimum Gasteiger partial charge on any atom is -0.378 e. The van der Waals surface area contributed by atoms with Crippen LogP contribution in [0.4, 0.5) is 5.69 Å². The Morgan fingerprint density at radius 2 is 1.81 bits per heavy atom. The maximum absolute atomic E-state index is 3.53. The summed E-state index contributed by atoms with van der Waals surface area (Å²) in [4.78, 5) is 1.30. The first-order valence-electron chi connectivity index (χ1n) is 4.57. The number of benzene rings is 1. The number of anilines is 1. The molecule has 0 bridgehead atoms. The normalized spacial score (nSPS) is 10.4. The molecule has 1 heterocycles. The second-order valence-electron chi connectivity index (χ2n) is 3.18. The highest BCUT2D eigenvalue weighted by molar-refractivity contribution is 9.11. The number of hydrogen-bond donors (Lipinski definition) is 1. The Kier molecular flexibility index (Phi) is 4.47. The quantitative estimate of drug-likeness (QED) is 0.670. The minimum absolute atomic E-state index is 0.831. The zero-order valence-corrected chi connectivity index (χ0v) is 13.7. The van der Waals surface area contributed by atoms with E-state index in [0.717, 1.165) is 25.7 Å². The van der Waals surface area contributed by atoms with E-state index in [1.54, 1.807) is 11.3 Å². The van der Waals surface area contributed by atoms with Crippen molar-refractivity contribution in [2.24, 2.45) is 0 Å². The van der Waals surface area contributed by atoms with Gasteiger partial charge in [-0.25, -0.2) is 0 Å². The van der Waals surface area contributed by atoms with Gasteiger partial charge in [-0.05, 0) is 66.0 Å². The van der Waals surface area contributed by atoms with Crippen molar-refractivity contribution in [1.29, 1.82) is 0 Å². The van der Waals surface area contributed by atoms with Crippen molar-refractivity contribution in [2.75, 3.05) is 5.32 Å². The van der Waals surface area contributed by atoms with E-state index in [-0.39, 0.29) is 0 Å². The third-order valence-electron chi connectivity index (χ3n) is 2.02. The zero-order valence-electron chi connectivity index (χ0n) is 8.14. The van der Waals surface area contributed by atoms with Crippen molar-refractivity contribution in [3.8, 4) is 0 Å². The lowest BCUT2D eigenvalue weighted by Gasteiger charge is -2.09. The van der Waals surface area contributed by atoms with Crippen LogP contribution in [0.2, 0.25) is 0 Å². The molecule has 0 aliphatic carbocycles. The van der Waals surface area contributed by atoms with Crippen LogP contribution in [0.15, 0.2) is 43.1 Å². The van der Waals surface area contributed by atoms with E-state index >= 15 is 0 Å². The maximum atomic E-state index is 3.53. The summed E-state index contributed by atoms with van der Waals surface area (Å²) in [6, 6.07) is 8.18. The van der Waals surface area contributed by atoms with Gasteiger partial charge in [0.15, 0.2) is 0 Å². The SMILES string of the molecule is Brc1csc(CNc2c(Br)cccc2Br)c1. The number of para-hydroxylation sites is 1. The number of thiophene rings is 1. The Morgan fingerprint density at radius 1 is 1.12 bits per heavy atom. The van der Waals surface area contributed by atoms with Crippen LogP contribution in [0.1, 0.15) is 4.88 Å². The van der Waals surface area contributed by atoms with Crippen molar-refractivity contribution in [3.05, 3.63) is 47.9 Å². The first-order chi connectivity index (χ1) is 7.66. The van der Waals surface area contributed by atoms with E-state index in [1.807, 2.05) is 18.2 Å². The fraction of sp³-hybridized carbons (Fsp3) is 0.0909. The number of nitrogens with one attached hydrogen (secondary N) is 1. The monoisotopic (exact) mass is 423 g/mol. The molecule has 0 radical (unpaired) electrons. The molecular weight excluding hydrogens is 418 g/mol. The van der Waals surface area contributed by atoms with Crippen LogP contribution in [0.5, 0.6) is 0 Å². The van der Waals surface area contributed by atoms with Gasteiger partial charge in [0.2, 0.25) is 0 Å². The van der Waals surface area contributed by atoms with Crippen LogP contribution in [-0.4, -0.2) is 0 Å². The molecule has 1 aromatic heterocycles. The van der Waals surface area contributed by atoms with E-state index in [4.69, 9.17) is 0 Å². The molecule has 2 aromatic rings. The molecule has 0 unspecified atom stereocenters. The molecule has 0 atom stereocenters. The lowest BCUT2D eigenvalue weighted by atomic mass is 10.3. The predicted molar refractivity (Wildman–Crippen MR) is 81.2 cm³/mol. The van der Waals surface area contributed by atoms with Crippen LogP contribution < -0.4 is 5.32 Å². The summed E-state index contributed by atoms with van der Waals surface area (Å²) in [6.07, 6.45) is 0. The summed E-state index contributed by atoms with van der Waals surface area (Å²) in [7, 11) is 0. The lowest BCUT2D eigenvalue weighted by molar-refractivity contribution is 1.18. The summed E-state index contributed by atoms with van der Waals surface area (Å²) >= 11 is 12.2. The first-order valence-corrected chi connectivity index (χ1v) is 7.83. The molecule has 5 heteroatoms. The Bertz CT molecular complexity index is 475. The van der Waals surface area contributed by atoms with Gasteiger partial charge in [-0.1, -0.05) is 6.07 Å². The molecule has 0 amide bonds. The topological polar surface area (TPSA) is 12.0 Å². The number of rotatable bonds is 3. The van der Waals surface area contributed by atoms with E-state index in [2.05, 4.69) is 64.6 Å². The zero-order chi connectivity index (χ0) is 11.5. The smallest absolute Gasteiger partial charge is 0.0631 e. The molecule has 1 aromatic carbocycles. The summed E-state index contributed by atoms with van der Waals surface area (Å²) in [5.41, 5.74) is 1.09. The number of halogens is 3. The molecule has 0 fully saturated rings. The standard InChI is InChI=1S/C11H8Br3NS/c12-7-4-8(16-6-7)5-15-11-9(13)2-1-3-10(11)14/h1-4,6,15H,5H2. The van der Waals surface area contributed by atoms with Gasteiger partial charge in [-0.2, -0.15) is 0 Å². The van der Waals surface area contributed by atoms with E-state index in [9.17, 15) is 0 Å². The molecule has 84 valence electrons. The Labute approximate surface area is 124 Å². The van der Waals surface area contributed by atoms with Crippen molar-refractivity contribution < 1.29 is 0 Å². The Balaban J connectivity index is 2.10. The van der Waals surface area contributed by atoms with Gasteiger partial charge in [-0.3, -0.25) is 0 Å². The second-order valence-corrected chi connectivity index (χ2v) is 6.80. The molecule has 0 spiro atoms. The summed E-state index contributed by atoms with van der Waals surface area (Å²) in [6.45, 7) is 0.831. The summed E-state index contributed by atoms with van der Waals surface area (Å²) < 4.78 is 3.27. The van der Waals surface area contributed by atoms with Crippen LogP contribution >= 0.6 is 59.1 Å². The van der Waals surface area contributed by atoms with Gasteiger partial charge in [0.1, 0.15) is 0 Å². The number of hydrogen-bond acceptors (Lipinski definition) is 2. The molecule has 0 saturated carbocycles. The third-order valence-corrected chi connectivity index (χ3v) is 5.04. The fourth-order valence-electron chi connectivity index (χ4n) is 1.29. The average molecular weight is 426 g/mol. The van der Waals surface area contributed by atoms with Crippen molar-refractivity contribution >= 4 is 64.8 Å².